The van der Waals surface area contributed by atoms with Crippen LogP contribution in [-0.4, -0.2) is 28.4 Å². The Morgan fingerprint density at radius 1 is 0.180 bits per heavy atom. The van der Waals surface area contributed by atoms with Crippen molar-refractivity contribution in [3.05, 3.63) is 326 Å². The summed E-state index contributed by atoms with van der Waals surface area (Å²) in [6.45, 7) is 18.5. The monoisotopic (exact) mass is 1680 g/mol. The molecule has 4 heteroatoms. The van der Waals surface area contributed by atoms with E-state index in [1.54, 1.807) is 28.4 Å². The largest absolute Gasteiger partial charge is 0.497 e. The smallest absolute Gasteiger partial charge is 0.119 e. The molecule has 0 radical (unpaired) electrons. The van der Waals surface area contributed by atoms with Gasteiger partial charge in [0.15, 0.2) is 0 Å². The highest BCUT2D eigenvalue weighted by Gasteiger charge is 2.24. The van der Waals surface area contributed by atoms with E-state index in [-0.39, 0.29) is 0 Å². The predicted molar refractivity (Wildman–Crippen MR) is 550 cm³/mol. The van der Waals surface area contributed by atoms with E-state index < -0.39 is 0 Å². The van der Waals surface area contributed by atoms with Crippen LogP contribution in [-0.2, 0) is 25.7 Å². The first kappa shape index (κ1) is 89.2. The standard InChI is InChI=1S/C124H130O4/c1-13-21-25-83(17-5)65-87-69-107(77-111(73-87)125-9)99-37-29-91(30-38-99)95-45-53-103(54-46-95)119-81-120(104-55-47-96(48-56-104)92-31-39-100(40-32-92)108-70-88(74-112(78-108)126-10)66-84(18-6)26-22-14-2)116-63-64-118-122(106-59-51-98(52-60-106)94-35-43-102(44-36-94)110-72-90(76-114(80-110)128-12)68-86(20-8)28-24-16-4)82-121(117-62-61-115(119)123(116)124(117)118)105-57-49-97(50-58-105)93-33-41-101(42-34-93)109-71-89(75-113(79-109)127-11)67-85(19-7)27-23-15-3/h29-64,69-86H,13-28,65-68H2,1-12H3. The Hall–Kier alpha value is -12.2. The summed E-state index contributed by atoms with van der Waals surface area (Å²) < 4.78 is 23.8. The predicted octanol–water partition coefficient (Wildman–Crippen LogP) is 35.7. The van der Waals surface area contributed by atoms with Crippen molar-refractivity contribution in [3.63, 3.8) is 0 Å². The highest BCUT2D eigenvalue weighted by molar-refractivity contribution is 6.32. The van der Waals surface area contributed by atoms with Gasteiger partial charge in [0.05, 0.1) is 28.4 Å². The number of rotatable bonds is 40. The Kier molecular flexibility index (Phi) is 29.3. The molecule has 16 rings (SSSR count). The minimum atomic E-state index is 0.659. The van der Waals surface area contributed by atoms with Crippen LogP contribution >= 0.6 is 0 Å². The minimum absolute atomic E-state index is 0.659. The molecule has 0 aliphatic carbocycles. The van der Waals surface area contributed by atoms with E-state index in [0.717, 1.165) is 48.7 Å². The van der Waals surface area contributed by atoms with Gasteiger partial charge in [-0.15, -0.1) is 0 Å². The fourth-order valence-electron chi connectivity index (χ4n) is 20.1. The van der Waals surface area contributed by atoms with Crippen molar-refractivity contribution in [2.75, 3.05) is 28.4 Å². The second kappa shape index (κ2) is 42.1. The van der Waals surface area contributed by atoms with E-state index in [1.807, 2.05) is 0 Å². The lowest BCUT2D eigenvalue weighted by atomic mass is 9.81. The van der Waals surface area contributed by atoms with E-state index in [9.17, 15) is 0 Å². The van der Waals surface area contributed by atoms with Crippen LogP contribution in [0.25, 0.3) is 166 Å². The van der Waals surface area contributed by atoms with Crippen LogP contribution in [0.3, 0.4) is 0 Å². The topological polar surface area (TPSA) is 36.9 Å². The van der Waals surface area contributed by atoms with E-state index >= 15 is 0 Å². The summed E-state index contributed by atoms with van der Waals surface area (Å²) in [6.07, 6.45) is 23.9. The Morgan fingerprint density at radius 2 is 0.344 bits per heavy atom. The third-order valence-electron chi connectivity index (χ3n) is 28.0. The zero-order chi connectivity index (χ0) is 88.6. The summed E-state index contributed by atoms with van der Waals surface area (Å²) >= 11 is 0. The molecule has 650 valence electrons. The first-order valence-corrected chi connectivity index (χ1v) is 48.1. The van der Waals surface area contributed by atoms with Crippen LogP contribution < -0.4 is 18.9 Å². The van der Waals surface area contributed by atoms with Gasteiger partial charge in [-0.05, 0) is 298 Å². The maximum Gasteiger partial charge on any atom is 0.119 e. The van der Waals surface area contributed by atoms with Gasteiger partial charge in [-0.25, -0.2) is 0 Å². The molecule has 128 heavy (non-hydrogen) atoms. The lowest BCUT2D eigenvalue weighted by molar-refractivity contribution is 0.412. The molecule has 0 spiro atoms. The molecule has 0 aliphatic rings. The Balaban J connectivity index is 0.802. The summed E-state index contributed by atoms with van der Waals surface area (Å²) in [5.41, 5.74) is 33.7. The van der Waals surface area contributed by atoms with Crippen molar-refractivity contribution < 1.29 is 18.9 Å². The molecule has 0 aliphatic heterocycles. The molecule has 0 N–H and O–H groups in total. The quantitative estimate of drug-likeness (QED) is 0.0359. The first-order valence-electron chi connectivity index (χ1n) is 48.1. The molecule has 4 nitrogen and oxygen atoms in total. The Labute approximate surface area is 764 Å². The molecule has 0 saturated carbocycles. The maximum atomic E-state index is 5.94. The van der Waals surface area contributed by atoms with Crippen molar-refractivity contribution in [1.29, 1.82) is 0 Å². The molecular formula is C124H130O4. The molecule has 0 fully saturated rings. The molecule has 0 amide bonds. The van der Waals surface area contributed by atoms with Crippen LogP contribution in [0, 0.1) is 23.7 Å². The van der Waals surface area contributed by atoms with Gasteiger partial charge >= 0.3 is 0 Å². The molecule has 4 atom stereocenters. The van der Waals surface area contributed by atoms with Gasteiger partial charge in [-0.1, -0.05) is 401 Å². The summed E-state index contributed by atoms with van der Waals surface area (Å²) in [4.78, 5) is 0. The van der Waals surface area contributed by atoms with Crippen molar-refractivity contribution in [2.45, 2.75) is 184 Å². The van der Waals surface area contributed by atoms with Crippen molar-refractivity contribution in [2.24, 2.45) is 23.7 Å². The van der Waals surface area contributed by atoms with E-state index in [4.69, 9.17) is 18.9 Å². The zero-order valence-corrected chi connectivity index (χ0v) is 78.0. The number of unbranched alkanes of at least 4 members (excludes halogenated alkanes) is 4. The lowest BCUT2D eigenvalue weighted by Gasteiger charge is -2.22. The normalized spacial score (nSPS) is 12.6. The van der Waals surface area contributed by atoms with Gasteiger partial charge in [0.1, 0.15) is 23.0 Å². The molecular weight excluding hydrogens is 1550 g/mol. The number of hydrogen-bond acceptors (Lipinski definition) is 4. The van der Waals surface area contributed by atoms with Gasteiger partial charge in [-0.2, -0.15) is 0 Å². The molecule has 16 aromatic carbocycles. The van der Waals surface area contributed by atoms with Crippen LogP contribution in [0.15, 0.2) is 303 Å². The molecule has 0 saturated heterocycles. The van der Waals surface area contributed by atoms with E-state index in [2.05, 4.69) is 359 Å². The third-order valence-corrected chi connectivity index (χ3v) is 28.0. The summed E-state index contributed by atoms with van der Waals surface area (Å²) in [5, 5.41) is 7.41. The van der Waals surface area contributed by atoms with E-state index in [1.165, 1.54) is 291 Å². The van der Waals surface area contributed by atoms with Crippen molar-refractivity contribution in [3.8, 4) is 157 Å². The third kappa shape index (κ3) is 20.5. The number of benzene rings is 16. The number of ether oxygens (including phenoxy) is 4. The molecule has 0 aromatic heterocycles. The molecule has 4 unspecified atom stereocenters. The Bertz CT molecular complexity index is 5580. The Morgan fingerprint density at radius 3 is 0.500 bits per heavy atom. The van der Waals surface area contributed by atoms with Gasteiger partial charge in [0, 0.05) is 0 Å². The highest BCUT2D eigenvalue weighted by atomic mass is 16.5. The second-order valence-corrected chi connectivity index (χ2v) is 36.4. The number of methoxy groups -OCH3 is 4. The van der Waals surface area contributed by atoms with Crippen molar-refractivity contribution in [1.82, 2.24) is 0 Å². The average Bonchev–Trinajstić information content (AvgIpc) is 0.705. The fraction of sp³-hybridized carbons (Fsp3) is 0.290. The summed E-state index contributed by atoms with van der Waals surface area (Å²) in [6, 6.07) is 116. The average molecular weight is 1680 g/mol. The summed E-state index contributed by atoms with van der Waals surface area (Å²) in [7, 11) is 7.16. The fourth-order valence-corrected chi connectivity index (χ4v) is 20.1. The van der Waals surface area contributed by atoms with E-state index in [0.29, 0.717) is 23.7 Å². The van der Waals surface area contributed by atoms with Crippen LogP contribution in [0.5, 0.6) is 23.0 Å². The van der Waals surface area contributed by atoms with Gasteiger partial charge in [-0.3, -0.25) is 0 Å². The van der Waals surface area contributed by atoms with Gasteiger partial charge in [0.2, 0.25) is 0 Å². The lowest BCUT2D eigenvalue weighted by Crippen LogP contribution is -2.04. The SMILES string of the molecule is CCCCC(CC)Cc1cc(OC)cc(-c2ccc(-c3ccc(-c4cc(-c5ccc(-c6ccc(-c7cc(CC(CC)CCCC)cc(OC)c7)cc6)cc5)c5ccc6c(-c7ccc(-c8ccc(-c9cc(CC(CC)CCCC)cc(OC)c9)cc8)cc7)cc(-c7ccc(-c8ccc(-c9cc(CC(CC)CCCC)cc(OC)c9)cc8)cc7)c7ccc4c5c76)cc3)cc2)c1. The highest BCUT2D eigenvalue weighted by Crippen LogP contribution is 2.50. The van der Waals surface area contributed by atoms with Crippen LogP contribution in [0.1, 0.15) is 180 Å². The van der Waals surface area contributed by atoms with Gasteiger partial charge in [0.25, 0.3) is 0 Å². The van der Waals surface area contributed by atoms with Crippen LogP contribution in [0.2, 0.25) is 0 Å². The first-order chi connectivity index (χ1) is 62.8. The second-order valence-electron chi connectivity index (χ2n) is 36.4. The van der Waals surface area contributed by atoms with Gasteiger partial charge < -0.3 is 18.9 Å². The van der Waals surface area contributed by atoms with Crippen molar-refractivity contribution >= 4 is 32.3 Å². The summed E-state index contributed by atoms with van der Waals surface area (Å²) in [5.74, 6) is 6.29. The molecule has 0 heterocycles. The number of hydrogen-bond donors (Lipinski definition) is 0. The molecule has 0 bridgehead atoms. The zero-order valence-electron chi connectivity index (χ0n) is 78.0. The minimum Gasteiger partial charge on any atom is -0.497 e. The molecule has 16 aromatic rings. The van der Waals surface area contributed by atoms with Crippen LogP contribution in [0.4, 0.5) is 0 Å². The maximum absolute atomic E-state index is 5.94.